The Morgan fingerprint density at radius 2 is 1.70 bits per heavy atom. The van der Waals surface area contributed by atoms with Crippen molar-refractivity contribution in [1.82, 2.24) is 9.97 Å². The fraction of sp³-hybridized carbons (Fsp3) is 0. The summed E-state index contributed by atoms with van der Waals surface area (Å²) in [4.78, 5) is 30.2. The van der Waals surface area contributed by atoms with Crippen LogP contribution in [0.4, 0.5) is 16.2 Å². The topological polar surface area (TPSA) is 104 Å². The number of aromatic nitrogens is 2. The van der Waals surface area contributed by atoms with Crippen molar-refractivity contribution in [3.05, 3.63) is 47.0 Å². The van der Waals surface area contributed by atoms with Gasteiger partial charge in [0.15, 0.2) is 0 Å². The van der Waals surface area contributed by atoms with Crippen molar-refractivity contribution in [2.75, 3.05) is 10.6 Å². The lowest BCUT2D eigenvalue weighted by Gasteiger charge is -2.08. The first kappa shape index (κ1) is 13.9. The summed E-state index contributed by atoms with van der Waals surface area (Å²) in [6.07, 6.45) is 4.23. The standard InChI is InChI=1S/C12H9BrN4O3/c13-8-1-7(11(18)19)2-9(3-8)16-12(20)17-10-4-14-6-15-5-10/h1-6H,(H,18,19)(H2,16,17,20). The molecule has 0 aliphatic rings. The molecule has 0 aliphatic heterocycles. The lowest BCUT2D eigenvalue weighted by atomic mass is 10.2. The highest BCUT2D eigenvalue weighted by Crippen LogP contribution is 2.20. The molecule has 0 atom stereocenters. The Hall–Kier alpha value is -2.48. The fourth-order valence-electron chi connectivity index (χ4n) is 1.44. The molecule has 20 heavy (non-hydrogen) atoms. The van der Waals surface area contributed by atoms with Gasteiger partial charge in [0.25, 0.3) is 0 Å². The highest BCUT2D eigenvalue weighted by atomic mass is 79.9. The largest absolute Gasteiger partial charge is 0.478 e. The number of hydrogen-bond donors (Lipinski definition) is 3. The van der Waals surface area contributed by atoms with Crippen molar-refractivity contribution in [3.63, 3.8) is 0 Å². The van der Waals surface area contributed by atoms with Crippen molar-refractivity contribution in [2.24, 2.45) is 0 Å². The molecule has 1 aromatic carbocycles. The molecule has 0 radical (unpaired) electrons. The van der Waals surface area contributed by atoms with E-state index in [0.717, 1.165) is 0 Å². The van der Waals surface area contributed by atoms with Crippen LogP contribution in [0, 0.1) is 0 Å². The second-order valence-corrected chi connectivity index (χ2v) is 4.66. The number of nitrogens with one attached hydrogen (secondary N) is 2. The first-order chi connectivity index (χ1) is 9.54. The number of urea groups is 1. The first-order valence-corrected chi connectivity index (χ1v) is 6.21. The second-order valence-electron chi connectivity index (χ2n) is 3.74. The van der Waals surface area contributed by atoms with Gasteiger partial charge < -0.3 is 15.7 Å². The van der Waals surface area contributed by atoms with Crippen molar-refractivity contribution in [1.29, 1.82) is 0 Å². The summed E-state index contributed by atoms with van der Waals surface area (Å²) in [5, 5.41) is 14.0. The van der Waals surface area contributed by atoms with Crippen LogP contribution in [0.2, 0.25) is 0 Å². The summed E-state index contributed by atoms with van der Waals surface area (Å²) in [7, 11) is 0. The maximum atomic E-state index is 11.7. The lowest BCUT2D eigenvalue weighted by Crippen LogP contribution is -2.19. The highest BCUT2D eigenvalue weighted by Gasteiger charge is 2.08. The number of carboxylic acids is 1. The van der Waals surface area contributed by atoms with E-state index in [-0.39, 0.29) is 5.56 Å². The summed E-state index contributed by atoms with van der Waals surface area (Å²) in [5.41, 5.74) is 0.849. The maximum absolute atomic E-state index is 11.7. The predicted molar refractivity (Wildman–Crippen MR) is 75.8 cm³/mol. The molecule has 0 aliphatic carbocycles. The SMILES string of the molecule is O=C(Nc1cncnc1)Nc1cc(Br)cc(C(=O)O)c1. The molecule has 0 unspecified atom stereocenters. The number of aromatic carboxylic acids is 1. The highest BCUT2D eigenvalue weighted by molar-refractivity contribution is 9.10. The van der Waals surface area contributed by atoms with Gasteiger partial charge in [0.1, 0.15) is 6.33 Å². The summed E-state index contributed by atoms with van der Waals surface area (Å²) in [6, 6.07) is 3.87. The van der Waals surface area contributed by atoms with Crippen molar-refractivity contribution < 1.29 is 14.7 Å². The number of carbonyl (C=O) groups is 2. The van der Waals surface area contributed by atoms with Crippen LogP contribution < -0.4 is 10.6 Å². The van der Waals surface area contributed by atoms with E-state index in [1.165, 1.54) is 30.9 Å². The van der Waals surface area contributed by atoms with Gasteiger partial charge in [-0.1, -0.05) is 15.9 Å². The van der Waals surface area contributed by atoms with Crippen LogP contribution in [-0.2, 0) is 0 Å². The Balaban J connectivity index is 2.10. The molecule has 8 heteroatoms. The van der Waals surface area contributed by atoms with E-state index < -0.39 is 12.0 Å². The minimum atomic E-state index is -1.08. The normalized spacial score (nSPS) is 9.85. The first-order valence-electron chi connectivity index (χ1n) is 5.41. The van der Waals surface area contributed by atoms with Crippen LogP contribution in [0.3, 0.4) is 0 Å². The van der Waals surface area contributed by atoms with Crippen LogP contribution >= 0.6 is 15.9 Å². The zero-order chi connectivity index (χ0) is 14.5. The Bertz CT molecular complexity index is 648. The van der Waals surface area contributed by atoms with Gasteiger partial charge in [0.05, 0.1) is 23.6 Å². The van der Waals surface area contributed by atoms with Crippen molar-refractivity contribution in [3.8, 4) is 0 Å². The summed E-state index contributed by atoms with van der Waals surface area (Å²) in [6.45, 7) is 0. The summed E-state index contributed by atoms with van der Waals surface area (Å²) >= 11 is 3.18. The molecular formula is C12H9BrN4O3. The van der Waals surface area contributed by atoms with Gasteiger partial charge in [-0.25, -0.2) is 19.6 Å². The van der Waals surface area contributed by atoms with Crippen LogP contribution in [0.1, 0.15) is 10.4 Å². The molecule has 0 saturated heterocycles. The molecule has 0 fully saturated rings. The molecule has 0 spiro atoms. The molecule has 0 saturated carbocycles. The molecule has 2 rings (SSSR count). The zero-order valence-electron chi connectivity index (χ0n) is 10.0. The number of hydrogen-bond acceptors (Lipinski definition) is 4. The Kier molecular flexibility index (Phi) is 4.26. The molecule has 102 valence electrons. The van der Waals surface area contributed by atoms with E-state index in [1.54, 1.807) is 6.07 Å². The minimum absolute atomic E-state index is 0.0673. The van der Waals surface area contributed by atoms with Gasteiger partial charge >= 0.3 is 12.0 Å². The third-order valence-corrected chi connectivity index (χ3v) is 2.68. The van der Waals surface area contributed by atoms with E-state index >= 15 is 0 Å². The van der Waals surface area contributed by atoms with Crippen molar-refractivity contribution >= 4 is 39.3 Å². The second kappa shape index (κ2) is 6.11. The summed E-state index contributed by atoms with van der Waals surface area (Å²) < 4.78 is 0.552. The van der Waals surface area contributed by atoms with Gasteiger partial charge in [-0.2, -0.15) is 0 Å². The predicted octanol–water partition coefficient (Wildman–Crippen LogP) is 2.58. The van der Waals surface area contributed by atoms with E-state index in [4.69, 9.17) is 5.11 Å². The monoisotopic (exact) mass is 336 g/mol. The van der Waals surface area contributed by atoms with Gasteiger partial charge in [-0.3, -0.25) is 0 Å². The van der Waals surface area contributed by atoms with Gasteiger partial charge in [-0.05, 0) is 18.2 Å². The number of carboxylic acid groups (broad SMARTS) is 1. The molecule has 7 nitrogen and oxygen atoms in total. The average molecular weight is 337 g/mol. The molecular weight excluding hydrogens is 328 g/mol. The smallest absolute Gasteiger partial charge is 0.335 e. The lowest BCUT2D eigenvalue weighted by molar-refractivity contribution is 0.0697. The third-order valence-electron chi connectivity index (χ3n) is 2.22. The molecule has 1 heterocycles. The van der Waals surface area contributed by atoms with Crippen LogP contribution in [0.15, 0.2) is 41.4 Å². The molecule has 2 aromatic rings. The van der Waals surface area contributed by atoms with Crippen LogP contribution in [0.25, 0.3) is 0 Å². The molecule has 0 bridgehead atoms. The molecule has 1 aromatic heterocycles. The van der Waals surface area contributed by atoms with E-state index in [9.17, 15) is 9.59 Å². The average Bonchev–Trinajstić information content (AvgIpc) is 2.38. The number of amides is 2. The molecule has 3 N–H and O–H groups in total. The van der Waals surface area contributed by atoms with E-state index in [0.29, 0.717) is 15.8 Å². The maximum Gasteiger partial charge on any atom is 0.335 e. The minimum Gasteiger partial charge on any atom is -0.478 e. The van der Waals surface area contributed by atoms with E-state index in [1.807, 2.05) is 0 Å². The zero-order valence-corrected chi connectivity index (χ0v) is 11.6. The quantitative estimate of drug-likeness (QED) is 0.799. The Labute approximate surface area is 122 Å². The number of nitrogens with zero attached hydrogens (tertiary/aromatic N) is 2. The van der Waals surface area contributed by atoms with Gasteiger partial charge in [0, 0.05) is 10.2 Å². The summed E-state index contributed by atoms with van der Waals surface area (Å²) in [5.74, 6) is -1.08. The van der Waals surface area contributed by atoms with Crippen LogP contribution in [-0.4, -0.2) is 27.1 Å². The van der Waals surface area contributed by atoms with Gasteiger partial charge in [-0.15, -0.1) is 0 Å². The number of halogens is 1. The number of carbonyl (C=O) groups excluding carboxylic acids is 1. The van der Waals surface area contributed by atoms with E-state index in [2.05, 4.69) is 36.5 Å². The number of anilines is 2. The third kappa shape index (κ3) is 3.75. The Morgan fingerprint density at radius 3 is 2.35 bits per heavy atom. The van der Waals surface area contributed by atoms with Crippen molar-refractivity contribution in [2.45, 2.75) is 0 Å². The fourth-order valence-corrected chi connectivity index (χ4v) is 1.94. The van der Waals surface area contributed by atoms with Crippen LogP contribution in [0.5, 0.6) is 0 Å². The Morgan fingerprint density at radius 1 is 1.05 bits per heavy atom. The number of benzene rings is 1. The molecule has 2 amide bonds. The number of rotatable bonds is 3. The van der Waals surface area contributed by atoms with Gasteiger partial charge in [0.2, 0.25) is 0 Å².